The maximum Gasteiger partial charge on any atom is 0.231 e. The first-order valence-corrected chi connectivity index (χ1v) is 7.91. The maximum absolute atomic E-state index is 12.2. The van der Waals surface area contributed by atoms with Crippen LogP contribution in [-0.2, 0) is 18.3 Å². The Kier molecular flexibility index (Phi) is 3.23. The highest BCUT2D eigenvalue weighted by Crippen LogP contribution is 2.46. The van der Waals surface area contributed by atoms with Gasteiger partial charge in [0.1, 0.15) is 5.15 Å². The lowest BCUT2D eigenvalue weighted by Crippen LogP contribution is -2.24. The minimum Gasteiger partial charge on any atom is -0.454 e. The quantitative estimate of drug-likeness (QED) is 0.917. The van der Waals surface area contributed by atoms with E-state index in [2.05, 4.69) is 10.4 Å². The molecule has 0 radical (unpaired) electrons. The van der Waals surface area contributed by atoms with Crippen LogP contribution in [0.15, 0.2) is 12.1 Å². The maximum atomic E-state index is 12.2. The summed E-state index contributed by atoms with van der Waals surface area (Å²) in [5.74, 6) is 1.17. The number of fused-ring (bicyclic) bond motifs is 2. The van der Waals surface area contributed by atoms with Crippen molar-refractivity contribution >= 4 is 23.2 Å². The largest absolute Gasteiger partial charge is 0.454 e. The third kappa shape index (κ3) is 2.16. The Morgan fingerprint density at radius 1 is 1.39 bits per heavy atom. The number of anilines is 1. The fourth-order valence-corrected chi connectivity index (χ4v) is 3.57. The van der Waals surface area contributed by atoms with Crippen LogP contribution in [-0.4, -0.2) is 22.5 Å². The van der Waals surface area contributed by atoms with Gasteiger partial charge in [-0.1, -0.05) is 18.5 Å². The summed E-state index contributed by atoms with van der Waals surface area (Å²) in [6.07, 6.45) is 1.10. The van der Waals surface area contributed by atoms with Gasteiger partial charge in [-0.25, -0.2) is 0 Å². The van der Waals surface area contributed by atoms with Crippen LogP contribution in [0.5, 0.6) is 11.5 Å². The second-order valence-electron chi connectivity index (χ2n) is 5.73. The zero-order chi connectivity index (χ0) is 16.1. The topological polar surface area (TPSA) is 65.4 Å². The number of carbonyl (C=O) groups is 1. The van der Waals surface area contributed by atoms with E-state index in [-0.39, 0.29) is 18.6 Å². The van der Waals surface area contributed by atoms with E-state index in [1.165, 1.54) is 0 Å². The number of ether oxygens (including phenoxy) is 2. The van der Waals surface area contributed by atoms with Crippen molar-refractivity contribution in [2.24, 2.45) is 7.05 Å². The molecular weight excluding hydrogens is 318 g/mol. The molecule has 1 atom stereocenters. The van der Waals surface area contributed by atoms with Crippen molar-refractivity contribution in [3.63, 3.8) is 0 Å². The van der Waals surface area contributed by atoms with Crippen LogP contribution in [0.25, 0.3) is 0 Å². The molecular formula is C16H16ClN3O3. The molecule has 3 heterocycles. The van der Waals surface area contributed by atoms with E-state index in [0.29, 0.717) is 23.1 Å². The number of benzene rings is 1. The van der Waals surface area contributed by atoms with Gasteiger partial charge in [0.25, 0.3) is 0 Å². The van der Waals surface area contributed by atoms with Gasteiger partial charge < -0.3 is 14.8 Å². The Bertz CT molecular complexity index is 815. The summed E-state index contributed by atoms with van der Waals surface area (Å²) in [5.41, 5.74) is 3.57. The normalized spacial score (nSPS) is 18.7. The lowest BCUT2D eigenvalue weighted by molar-refractivity contribution is -0.116. The second-order valence-corrected chi connectivity index (χ2v) is 6.08. The lowest BCUT2D eigenvalue weighted by Gasteiger charge is -2.26. The van der Waals surface area contributed by atoms with Gasteiger partial charge >= 0.3 is 0 Å². The summed E-state index contributed by atoms with van der Waals surface area (Å²) in [7, 11) is 1.81. The van der Waals surface area contributed by atoms with Crippen molar-refractivity contribution in [1.29, 1.82) is 0 Å². The molecule has 0 aliphatic carbocycles. The minimum absolute atomic E-state index is 0.0386. The number of aryl methyl sites for hydroxylation is 2. The standard InChI is InChI=1S/C16H16ClN3O3/c1-3-10-15(16(17)20(2)19-10)9-5-14(21)18-11-6-13-12(4-8(9)11)22-7-23-13/h4,6,9H,3,5,7H2,1-2H3,(H,18,21). The Morgan fingerprint density at radius 3 is 2.87 bits per heavy atom. The van der Waals surface area contributed by atoms with Gasteiger partial charge in [-0.2, -0.15) is 5.10 Å². The van der Waals surface area contributed by atoms with E-state index in [1.54, 1.807) is 4.68 Å². The molecule has 1 N–H and O–H groups in total. The highest BCUT2D eigenvalue weighted by molar-refractivity contribution is 6.30. The van der Waals surface area contributed by atoms with Crippen LogP contribution in [0.4, 0.5) is 5.69 Å². The molecule has 1 unspecified atom stereocenters. The number of carbonyl (C=O) groups excluding carboxylic acids is 1. The average molecular weight is 334 g/mol. The molecule has 120 valence electrons. The first-order chi connectivity index (χ1) is 11.1. The lowest BCUT2D eigenvalue weighted by atomic mass is 9.84. The fraction of sp³-hybridized carbons (Fsp3) is 0.375. The predicted octanol–water partition coefficient (Wildman–Crippen LogP) is 2.84. The molecule has 1 aromatic carbocycles. The summed E-state index contributed by atoms with van der Waals surface area (Å²) in [6, 6.07) is 3.75. The van der Waals surface area contributed by atoms with E-state index in [0.717, 1.165) is 28.9 Å². The third-order valence-corrected chi connectivity index (χ3v) is 4.80. The molecule has 4 rings (SSSR count). The number of halogens is 1. The van der Waals surface area contributed by atoms with E-state index in [1.807, 2.05) is 26.1 Å². The van der Waals surface area contributed by atoms with E-state index in [4.69, 9.17) is 21.1 Å². The van der Waals surface area contributed by atoms with E-state index >= 15 is 0 Å². The molecule has 0 bridgehead atoms. The summed E-state index contributed by atoms with van der Waals surface area (Å²) in [4.78, 5) is 12.2. The molecule has 1 aromatic heterocycles. The molecule has 7 heteroatoms. The van der Waals surface area contributed by atoms with Crippen molar-refractivity contribution in [3.8, 4) is 11.5 Å². The van der Waals surface area contributed by atoms with Crippen LogP contribution in [0.1, 0.15) is 36.1 Å². The summed E-state index contributed by atoms with van der Waals surface area (Å²) in [6.45, 7) is 2.23. The minimum atomic E-state index is -0.135. The molecule has 0 fully saturated rings. The fourth-order valence-electron chi connectivity index (χ4n) is 3.29. The van der Waals surface area contributed by atoms with Crippen molar-refractivity contribution in [2.75, 3.05) is 12.1 Å². The smallest absolute Gasteiger partial charge is 0.231 e. The van der Waals surface area contributed by atoms with Crippen LogP contribution < -0.4 is 14.8 Å². The second kappa shape index (κ2) is 5.16. The molecule has 2 aromatic rings. The Labute approximate surface area is 138 Å². The van der Waals surface area contributed by atoms with Gasteiger partial charge in [0.05, 0.1) is 5.69 Å². The summed E-state index contributed by atoms with van der Waals surface area (Å²) >= 11 is 6.47. The van der Waals surface area contributed by atoms with Crippen LogP contribution in [0.3, 0.4) is 0 Å². The number of nitrogens with zero attached hydrogens (tertiary/aromatic N) is 2. The van der Waals surface area contributed by atoms with Crippen LogP contribution in [0, 0.1) is 0 Å². The Hall–Kier alpha value is -2.21. The van der Waals surface area contributed by atoms with Gasteiger partial charge in [0.2, 0.25) is 12.7 Å². The monoisotopic (exact) mass is 333 g/mol. The van der Waals surface area contributed by atoms with E-state index < -0.39 is 0 Å². The van der Waals surface area contributed by atoms with Crippen molar-refractivity contribution < 1.29 is 14.3 Å². The van der Waals surface area contributed by atoms with Crippen LogP contribution in [0.2, 0.25) is 5.15 Å². The van der Waals surface area contributed by atoms with Crippen molar-refractivity contribution in [3.05, 3.63) is 34.1 Å². The van der Waals surface area contributed by atoms with Crippen molar-refractivity contribution in [2.45, 2.75) is 25.7 Å². The Morgan fingerprint density at radius 2 is 2.13 bits per heavy atom. The zero-order valence-electron chi connectivity index (χ0n) is 12.9. The zero-order valence-corrected chi connectivity index (χ0v) is 13.6. The number of aromatic nitrogens is 2. The van der Waals surface area contributed by atoms with Gasteiger partial charge in [-0.05, 0) is 18.1 Å². The molecule has 1 amide bonds. The van der Waals surface area contributed by atoms with Crippen molar-refractivity contribution in [1.82, 2.24) is 9.78 Å². The highest BCUT2D eigenvalue weighted by Gasteiger charge is 2.33. The number of nitrogens with one attached hydrogen (secondary N) is 1. The SMILES string of the molecule is CCc1nn(C)c(Cl)c1C1CC(=O)Nc2cc3c(cc21)OCO3. The molecule has 23 heavy (non-hydrogen) atoms. The number of hydrogen-bond donors (Lipinski definition) is 1. The molecule has 0 spiro atoms. The van der Waals surface area contributed by atoms with Gasteiger partial charge in [0, 0.05) is 36.7 Å². The number of rotatable bonds is 2. The van der Waals surface area contributed by atoms with Gasteiger partial charge in [-0.3, -0.25) is 9.48 Å². The predicted molar refractivity (Wildman–Crippen MR) is 85.3 cm³/mol. The molecule has 6 nitrogen and oxygen atoms in total. The molecule has 2 aliphatic rings. The van der Waals surface area contributed by atoms with Crippen LogP contribution >= 0.6 is 11.6 Å². The summed E-state index contributed by atoms with van der Waals surface area (Å²) in [5, 5.41) is 7.95. The number of amides is 1. The van der Waals surface area contributed by atoms with Gasteiger partial charge in [0.15, 0.2) is 11.5 Å². The van der Waals surface area contributed by atoms with Gasteiger partial charge in [-0.15, -0.1) is 0 Å². The molecule has 0 saturated heterocycles. The molecule has 2 aliphatic heterocycles. The average Bonchev–Trinajstić information content (AvgIpc) is 3.09. The third-order valence-electron chi connectivity index (χ3n) is 4.36. The highest BCUT2D eigenvalue weighted by atomic mass is 35.5. The first-order valence-electron chi connectivity index (χ1n) is 7.53. The molecule has 0 saturated carbocycles. The van der Waals surface area contributed by atoms with E-state index in [9.17, 15) is 4.79 Å². The summed E-state index contributed by atoms with van der Waals surface area (Å²) < 4.78 is 12.5. The number of hydrogen-bond acceptors (Lipinski definition) is 4. The first kappa shape index (κ1) is 14.4. The Balaban J connectivity index is 1.90.